The van der Waals surface area contributed by atoms with Gasteiger partial charge < -0.3 is 0 Å². The van der Waals surface area contributed by atoms with Crippen LogP contribution < -0.4 is 0 Å². The Bertz CT molecular complexity index is 440. The summed E-state index contributed by atoms with van der Waals surface area (Å²) in [5.41, 5.74) is 2.53. The van der Waals surface area contributed by atoms with E-state index in [9.17, 15) is 0 Å². The number of rotatable bonds is 0. The van der Waals surface area contributed by atoms with Gasteiger partial charge in [0.1, 0.15) is 0 Å². The predicted molar refractivity (Wildman–Crippen MR) is 59.2 cm³/mol. The lowest BCUT2D eigenvalue weighted by Crippen LogP contribution is -1.90. The molecule has 2 aromatic heterocycles. The number of nitrogens with zero attached hydrogens (tertiary/aromatic N) is 2. The second-order valence-corrected chi connectivity index (χ2v) is 5.12. The van der Waals surface area contributed by atoms with Crippen LogP contribution in [0.1, 0.15) is 0 Å². The third kappa shape index (κ3) is 1.22. The van der Waals surface area contributed by atoms with E-state index < -0.39 is 0 Å². The first-order chi connectivity index (χ1) is 6.95. The van der Waals surface area contributed by atoms with E-state index in [1.54, 1.807) is 21.6 Å². The minimum atomic E-state index is 1.23. The first-order valence-electron chi connectivity index (χ1n) is 4.18. The van der Waals surface area contributed by atoms with Crippen LogP contribution in [0.5, 0.6) is 0 Å². The molecular formula is C10H6N2S2. The minimum Gasteiger partial charge on any atom is -0.263 e. The zero-order valence-corrected chi connectivity index (χ0v) is 8.81. The SMILES string of the molecule is c1cc2c(cn1)SSc1cnccc1-2. The van der Waals surface area contributed by atoms with Crippen LogP contribution in [0.2, 0.25) is 0 Å². The predicted octanol–water partition coefficient (Wildman–Crippen LogP) is 3.26. The average molecular weight is 218 g/mol. The fraction of sp³-hybridized carbons (Fsp3) is 0. The third-order valence-corrected chi connectivity index (χ3v) is 4.50. The summed E-state index contributed by atoms with van der Waals surface area (Å²) in [4.78, 5) is 10.7. The van der Waals surface area contributed by atoms with Crippen molar-refractivity contribution in [1.82, 2.24) is 9.97 Å². The molecule has 68 valence electrons. The van der Waals surface area contributed by atoms with Gasteiger partial charge in [-0.15, -0.1) is 0 Å². The van der Waals surface area contributed by atoms with Crippen LogP contribution in [0.15, 0.2) is 46.7 Å². The number of pyridine rings is 2. The number of fused-ring (bicyclic) bond motifs is 3. The Labute approximate surface area is 89.6 Å². The molecule has 3 heterocycles. The zero-order chi connectivity index (χ0) is 9.38. The van der Waals surface area contributed by atoms with E-state index in [2.05, 4.69) is 22.1 Å². The molecule has 0 amide bonds. The van der Waals surface area contributed by atoms with E-state index >= 15 is 0 Å². The molecule has 14 heavy (non-hydrogen) atoms. The van der Waals surface area contributed by atoms with Crippen molar-refractivity contribution in [3.8, 4) is 11.1 Å². The van der Waals surface area contributed by atoms with Crippen LogP contribution in [-0.4, -0.2) is 9.97 Å². The summed E-state index contributed by atoms with van der Waals surface area (Å²) >= 11 is 0. The molecule has 1 aliphatic heterocycles. The monoisotopic (exact) mass is 218 g/mol. The van der Waals surface area contributed by atoms with Gasteiger partial charge in [0.15, 0.2) is 0 Å². The van der Waals surface area contributed by atoms with Crippen molar-refractivity contribution in [2.24, 2.45) is 0 Å². The van der Waals surface area contributed by atoms with Gasteiger partial charge in [0.2, 0.25) is 0 Å². The second kappa shape index (κ2) is 3.29. The quantitative estimate of drug-likeness (QED) is 0.634. The van der Waals surface area contributed by atoms with E-state index in [0.29, 0.717) is 0 Å². The maximum Gasteiger partial charge on any atom is 0.0448 e. The van der Waals surface area contributed by atoms with Gasteiger partial charge in [0, 0.05) is 45.7 Å². The summed E-state index contributed by atoms with van der Waals surface area (Å²) in [5, 5.41) is 0. The lowest BCUT2D eigenvalue weighted by molar-refractivity contribution is 1.20. The van der Waals surface area contributed by atoms with E-state index in [-0.39, 0.29) is 0 Å². The Kier molecular flexibility index (Phi) is 1.96. The Hall–Kier alpha value is -1.00. The molecule has 2 aromatic rings. The van der Waals surface area contributed by atoms with Gasteiger partial charge in [-0.05, 0) is 12.1 Å². The number of hydrogen-bond acceptors (Lipinski definition) is 4. The smallest absolute Gasteiger partial charge is 0.0448 e. The largest absolute Gasteiger partial charge is 0.263 e. The Morgan fingerprint density at radius 3 is 1.79 bits per heavy atom. The molecule has 0 unspecified atom stereocenters. The van der Waals surface area contributed by atoms with Gasteiger partial charge >= 0.3 is 0 Å². The van der Waals surface area contributed by atoms with Gasteiger partial charge in [-0.1, -0.05) is 21.6 Å². The van der Waals surface area contributed by atoms with E-state index in [1.807, 2.05) is 24.8 Å². The lowest BCUT2D eigenvalue weighted by Gasteiger charge is -2.16. The minimum absolute atomic E-state index is 1.23. The van der Waals surface area contributed by atoms with Crippen LogP contribution in [-0.2, 0) is 0 Å². The van der Waals surface area contributed by atoms with E-state index in [4.69, 9.17) is 0 Å². The Balaban J connectivity index is 2.29. The molecule has 0 bridgehead atoms. The summed E-state index contributed by atoms with van der Waals surface area (Å²) < 4.78 is 0. The van der Waals surface area contributed by atoms with Crippen LogP contribution in [0.25, 0.3) is 11.1 Å². The average Bonchev–Trinajstić information content (AvgIpc) is 2.29. The molecule has 2 nitrogen and oxygen atoms in total. The van der Waals surface area contributed by atoms with E-state index in [1.165, 1.54) is 20.9 Å². The lowest BCUT2D eigenvalue weighted by atomic mass is 10.1. The fourth-order valence-corrected chi connectivity index (χ4v) is 3.69. The van der Waals surface area contributed by atoms with Gasteiger partial charge in [-0.25, -0.2) is 0 Å². The summed E-state index contributed by atoms with van der Waals surface area (Å²) in [6.45, 7) is 0. The Morgan fingerprint density at radius 1 is 0.786 bits per heavy atom. The summed E-state index contributed by atoms with van der Waals surface area (Å²) in [5.74, 6) is 0. The molecule has 0 aliphatic carbocycles. The molecule has 0 saturated carbocycles. The standard InChI is InChI=1S/C10H6N2S2/c1-3-11-5-9-7(1)8-2-4-12-6-10(8)14-13-9/h1-6H. The highest BCUT2D eigenvalue weighted by Crippen LogP contribution is 2.49. The van der Waals surface area contributed by atoms with Crippen LogP contribution >= 0.6 is 21.6 Å². The van der Waals surface area contributed by atoms with Gasteiger partial charge in [0.05, 0.1) is 0 Å². The summed E-state index contributed by atoms with van der Waals surface area (Å²) in [6, 6.07) is 4.11. The summed E-state index contributed by atoms with van der Waals surface area (Å²) in [6.07, 6.45) is 7.49. The van der Waals surface area contributed by atoms with Crippen molar-refractivity contribution in [3.05, 3.63) is 36.9 Å². The first-order valence-corrected chi connectivity index (χ1v) is 6.33. The maximum absolute atomic E-state index is 4.12. The third-order valence-electron chi connectivity index (χ3n) is 2.08. The van der Waals surface area contributed by atoms with Crippen molar-refractivity contribution in [2.75, 3.05) is 0 Å². The zero-order valence-electron chi connectivity index (χ0n) is 7.18. The van der Waals surface area contributed by atoms with Gasteiger partial charge in [-0.3, -0.25) is 9.97 Å². The fourth-order valence-electron chi connectivity index (χ4n) is 1.43. The first kappa shape index (κ1) is 8.32. The Morgan fingerprint density at radius 2 is 1.29 bits per heavy atom. The van der Waals surface area contributed by atoms with Crippen molar-refractivity contribution in [2.45, 2.75) is 9.79 Å². The van der Waals surface area contributed by atoms with Crippen molar-refractivity contribution in [3.63, 3.8) is 0 Å². The van der Waals surface area contributed by atoms with Gasteiger partial charge in [0.25, 0.3) is 0 Å². The molecule has 0 aromatic carbocycles. The highest BCUT2D eigenvalue weighted by Gasteiger charge is 2.16. The highest BCUT2D eigenvalue weighted by molar-refractivity contribution is 8.76. The van der Waals surface area contributed by atoms with Crippen molar-refractivity contribution >= 4 is 21.6 Å². The topological polar surface area (TPSA) is 25.8 Å². The molecule has 4 heteroatoms. The molecule has 0 radical (unpaired) electrons. The van der Waals surface area contributed by atoms with Gasteiger partial charge in [-0.2, -0.15) is 0 Å². The van der Waals surface area contributed by atoms with Crippen molar-refractivity contribution in [1.29, 1.82) is 0 Å². The number of aromatic nitrogens is 2. The van der Waals surface area contributed by atoms with Crippen LogP contribution in [0, 0.1) is 0 Å². The van der Waals surface area contributed by atoms with E-state index in [0.717, 1.165) is 0 Å². The van der Waals surface area contributed by atoms with Crippen molar-refractivity contribution < 1.29 is 0 Å². The normalized spacial score (nSPS) is 13.1. The molecule has 0 spiro atoms. The molecule has 0 saturated heterocycles. The molecule has 1 aliphatic rings. The molecule has 3 rings (SSSR count). The molecule has 0 fully saturated rings. The molecule has 0 N–H and O–H groups in total. The van der Waals surface area contributed by atoms with Crippen LogP contribution in [0.3, 0.4) is 0 Å². The molecule has 0 atom stereocenters. The molecular weight excluding hydrogens is 212 g/mol. The number of hydrogen-bond donors (Lipinski definition) is 0. The second-order valence-electron chi connectivity index (χ2n) is 2.91. The van der Waals surface area contributed by atoms with Crippen LogP contribution in [0.4, 0.5) is 0 Å². The summed E-state index contributed by atoms with van der Waals surface area (Å²) in [7, 11) is 3.49. The maximum atomic E-state index is 4.12. The highest BCUT2D eigenvalue weighted by atomic mass is 33.1.